The number of aliphatic hydroxyl groups excluding tert-OH is 1. The molecule has 4 bridgehead atoms. The SMILES string of the molecule is CC12CC3CC(C1)CC(C(=O)N1CCC[C@H]1CO)(C3)C2. The van der Waals surface area contributed by atoms with Crippen molar-refractivity contribution in [3.63, 3.8) is 0 Å². The van der Waals surface area contributed by atoms with E-state index in [-0.39, 0.29) is 18.1 Å². The Morgan fingerprint density at radius 1 is 1.25 bits per heavy atom. The van der Waals surface area contributed by atoms with E-state index in [1.54, 1.807) is 0 Å². The number of hydrogen-bond acceptors (Lipinski definition) is 2. The second kappa shape index (κ2) is 4.22. The van der Waals surface area contributed by atoms with Crippen LogP contribution in [0.25, 0.3) is 0 Å². The number of carbonyl (C=O) groups is 1. The summed E-state index contributed by atoms with van der Waals surface area (Å²) in [5.74, 6) is 1.98. The Labute approximate surface area is 121 Å². The zero-order valence-corrected chi connectivity index (χ0v) is 12.6. The number of rotatable bonds is 2. The summed E-state index contributed by atoms with van der Waals surface area (Å²) in [7, 11) is 0. The molecular weight excluding hydrogens is 250 g/mol. The van der Waals surface area contributed by atoms with Crippen LogP contribution in [0.2, 0.25) is 0 Å². The smallest absolute Gasteiger partial charge is 0.229 e. The standard InChI is InChI=1S/C17H27NO2/c1-16-6-12-5-13(7-16)9-17(8-12,11-16)15(20)18-4-2-3-14(18)10-19/h12-14,19H,2-11H2,1H3/t12?,13?,14-,16?,17?/m0/s1. The number of hydrogen-bond donors (Lipinski definition) is 1. The first-order valence-corrected chi connectivity index (χ1v) is 8.46. The summed E-state index contributed by atoms with van der Waals surface area (Å²) in [6, 6.07) is 0.100. The van der Waals surface area contributed by atoms with Gasteiger partial charge in [0.25, 0.3) is 0 Å². The zero-order valence-electron chi connectivity index (χ0n) is 12.6. The molecule has 5 rings (SSSR count). The van der Waals surface area contributed by atoms with Crippen molar-refractivity contribution < 1.29 is 9.90 Å². The summed E-state index contributed by atoms with van der Waals surface area (Å²) < 4.78 is 0. The molecule has 0 aromatic carbocycles. The molecule has 1 aliphatic heterocycles. The summed E-state index contributed by atoms with van der Waals surface area (Å²) in [4.78, 5) is 15.3. The Morgan fingerprint density at radius 3 is 2.55 bits per heavy atom. The van der Waals surface area contributed by atoms with Crippen LogP contribution in [0.15, 0.2) is 0 Å². The van der Waals surface area contributed by atoms with Crippen LogP contribution < -0.4 is 0 Å². The van der Waals surface area contributed by atoms with E-state index in [0.717, 1.165) is 50.5 Å². The molecule has 0 aromatic heterocycles. The average Bonchev–Trinajstić information content (AvgIpc) is 2.82. The number of aliphatic hydroxyl groups is 1. The fourth-order valence-electron chi connectivity index (χ4n) is 6.57. The molecule has 1 heterocycles. The Kier molecular flexibility index (Phi) is 2.77. The van der Waals surface area contributed by atoms with Crippen LogP contribution in [0.3, 0.4) is 0 Å². The van der Waals surface area contributed by atoms with Crippen LogP contribution in [0, 0.1) is 22.7 Å². The molecule has 3 heteroatoms. The predicted molar refractivity (Wildman–Crippen MR) is 77.0 cm³/mol. The lowest BCUT2D eigenvalue weighted by Crippen LogP contribution is -2.58. The van der Waals surface area contributed by atoms with Crippen molar-refractivity contribution in [2.24, 2.45) is 22.7 Å². The van der Waals surface area contributed by atoms with E-state index in [0.29, 0.717) is 11.3 Å². The molecule has 0 radical (unpaired) electrons. The van der Waals surface area contributed by atoms with Gasteiger partial charge in [-0.3, -0.25) is 4.79 Å². The van der Waals surface area contributed by atoms with Crippen molar-refractivity contribution in [2.45, 2.75) is 64.3 Å². The van der Waals surface area contributed by atoms with E-state index < -0.39 is 0 Å². The molecule has 2 unspecified atom stereocenters. The fourth-order valence-corrected chi connectivity index (χ4v) is 6.57. The third-order valence-corrected chi connectivity index (χ3v) is 6.66. The summed E-state index contributed by atoms with van der Waals surface area (Å²) in [6.07, 6.45) is 9.50. The van der Waals surface area contributed by atoms with Gasteiger partial charge in [-0.05, 0) is 68.6 Å². The van der Waals surface area contributed by atoms with E-state index in [4.69, 9.17) is 0 Å². The maximum atomic E-state index is 13.2. The number of nitrogens with zero attached hydrogens (tertiary/aromatic N) is 1. The Balaban J connectivity index is 1.62. The Bertz CT molecular complexity index is 419. The molecule has 1 amide bonds. The predicted octanol–water partition coefficient (Wildman–Crippen LogP) is 2.58. The van der Waals surface area contributed by atoms with Crippen molar-refractivity contribution in [2.75, 3.05) is 13.2 Å². The number of carbonyl (C=O) groups excluding carboxylic acids is 1. The molecule has 4 saturated carbocycles. The lowest BCUT2D eigenvalue weighted by atomic mass is 9.44. The highest BCUT2D eigenvalue weighted by Gasteiger charge is 2.60. The van der Waals surface area contributed by atoms with Crippen LogP contribution >= 0.6 is 0 Å². The highest BCUT2D eigenvalue weighted by atomic mass is 16.3. The van der Waals surface area contributed by atoms with Crippen LogP contribution in [-0.2, 0) is 4.79 Å². The highest BCUT2D eigenvalue weighted by Crippen LogP contribution is 2.65. The van der Waals surface area contributed by atoms with Crippen LogP contribution in [0.5, 0.6) is 0 Å². The van der Waals surface area contributed by atoms with Crippen molar-refractivity contribution in [3.8, 4) is 0 Å². The molecule has 3 atom stereocenters. The minimum atomic E-state index is -0.0589. The maximum Gasteiger partial charge on any atom is 0.229 e. The van der Waals surface area contributed by atoms with Gasteiger partial charge < -0.3 is 10.0 Å². The first kappa shape index (κ1) is 13.1. The third-order valence-electron chi connectivity index (χ3n) is 6.66. The minimum absolute atomic E-state index is 0.0589. The Morgan fingerprint density at radius 2 is 1.95 bits per heavy atom. The first-order valence-electron chi connectivity index (χ1n) is 8.46. The van der Waals surface area contributed by atoms with Gasteiger partial charge in [-0.15, -0.1) is 0 Å². The summed E-state index contributed by atoms with van der Waals surface area (Å²) in [5.41, 5.74) is 0.366. The van der Waals surface area contributed by atoms with Gasteiger partial charge in [-0.2, -0.15) is 0 Å². The Hall–Kier alpha value is -0.570. The highest BCUT2D eigenvalue weighted by molar-refractivity contribution is 5.84. The second-order valence-electron chi connectivity index (χ2n) is 8.53. The van der Waals surface area contributed by atoms with Crippen LogP contribution in [0.1, 0.15) is 58.3 Å². The van der Waals surface area contributed by atoms with E-state index in [1.165, 1.54) is 19.3 Å². The molecule has 5 fully saturated rings. The van der Waals surface area contributed by atoms with Crippen LogP contribution in [-0.4, -0.2) is 35.1 Å². The van der Waals surface area contributed by atoms with Gasteiger partial charge in [0.2, 0.25) is 5.91 Å². The molecule has 4 aliphatic carbocycles. The van der Waals surface area contributed by atoms with Crippen LogP contribution in [0.4, 0.5) is 0 Å². The number of amides is 1. The van der Waals surface area contributed by atoms with Gasteiger partial charge in [0.05, 0.1) is 18.1 Å². The van der Waals surface area contributed by atoms with Crippen molar-refractivity contribution >= 4 is 5.91 Å². The average molecular weight is 277 g/mol. The molecule has 0 aromatic rings. The minimum Gasteiger partial charge on any atom is -0.394 e. The third kappa shape index (κ3) is 1.78. The van der Waals surface area contributed by atoms with E-state index in [2.05, 4.69) is 6.92 Å². The molecule has 112 valence electrons. The maximum absolute atomic E-state index is 13.2. The molecule has 1 N–H and O–H groups in total. The monoisotopic (exact) mass is 277 g/mol. The molecule has 0 spiro atoms. The lowest BCUT2D eigenvalue weighted by molar-refractivity contribution is -0.167. The quantitative estimate of drug-likeness (QED) is 0.843. The number of likely N-dealkylation sites (tertiary alicyclic amines) is 1. The summed E-state index contributed by atoms with van der Waals surface area (Å²) in [6.45, 7) is 3.43. The molecule has 20 heavy (non-hydrogen) atoms. The summed E-state index contributed by atoms with van der Waals surface area (Å²) >= 11 is 0. The van der Waals surface area contributed by atoms with Gasteiger partial charge >= 0.3 is 0 Å². The van der Waals surface area contributed by atoms with E-state index in [9.17, 15) is 9.90 Å². The van der Waals surface area contributed by atoms with Gasteiger partial charge in [-0.1, -0.05) is 6.92 Å². The van der Waals surface area contributed by atoms with Gasteiger partial charge in [0.1, 0.15) is 0 Å². The zero-order chi connectivity index (χ0) is 14.0. The van der Waals surface area contributed by atoms with Gasteiger partial charge in [0.15, 0.2) is 0 Å². The van der Waals surface area contributed by atoms with E-state index in [1.807, 2.05) is 4.90 Å². The van der Waals surface area contributed by atoms with Crippen molar-refractivity contribution in [3.05, 3.63) is 0 Å². The molecule has 1 saturated heterocycles. The first-order chi connectivity index (χ1) is 9.54. The topological polar surface area (TPSA) is 40.5 Å². The van der Waals surface area contributed by atoms with Gasteiger partial charge in [0, 0.05) is 6.54 Å². The normalized spacial score (nSPS) is 49.9. The van der Waals surface area contributed by atoms with Crippen molar-refractivity contribution in [1.82, 2.24) is 4.90 Å². The summed E-state index contributed by atoms with van der Waals surface area (Å²) in [5, 5.41) is 9.52. The van der Waals surface area contributed by atoms with Crippen molar-refractivity contribution in [1.29, 1.82) is 0 Å². The van der Waals surface area contributed by atoms with Gasteiger partial charge in [-0.25, -0.2) is 0 Å². The fraction of sp³-hybridized carbons (Fsp3) is 0.941. The van der Waals surface area contributed by atoms with E-state index >= 15 is 0 Å². The lowest BCUT2D eigenvalue weighted by Gasteiger charge is -2.61. The molecular formula is C17H27NO2. The second-order valence-corrected chi connectivity index (χ2v) is 8.53. The largest absolute Gasteiger partial charge is 0.394 e. The molecule has 5 aliphatic rings. The molecule has 3 nitrogen and oxygen atoms in total.